The van der Waals surface area contributed by atoms with Crippen molar-refractivity contribution in [1.29, 1.82) is 0 Å². The van der Waals surface area contributed by atoms with Gasteiger partial charge in [-0.15, -0.1) is 22.7 Å². The van der Waals surface area contributed by atoms with Crippen molar-refractivity contribution in [2.45, 2.75) is 0 Å². The minimum Gasteiger partial charge on any atom is -0.288 e. The minimum absolute atomic E-state index is 0.0425. The Labute approximate surface area is 111 Å². The first kappa shape index (κ1) is 11.0. The smallest absolute Gasteiger partial charge is 0.203 e. The maximum absolute atomic E-state index is 12.2. The summed E-state index contributed by atoms with van der Waals surface area (Å²) < 4.78 is 2.33. The second-order valence-corrected chi connectivity index (χ2v) is 6.07. The van der Waals surface area contributed by atoms with Crippen LogP contribution in [-0.2, 0) is 0 Å². The first-order chi connectivity index (χ1) is 8.24. The van der Waals surface area contributed by atoms with Gasteiger partial charge >= 0.3 is 0 Å². The Hall–Kier alpha value is -1.16. The molecule has 17 heavy (non-hydrogen) atoms. The second-order valence-electron chi connectivity index (χ2n) is 3.60. The van der Waals surface area contributed by atoms with Crippen molar-refractivity contribution in [2.75, 3.05) is 0 Å². The predicted molar refractivity (Wildman–Crippen MR) is 74.6 cm³/mol. The molecule has 4 heteroatoms. The topological polar surface area (TPSA) is 17.1 Å². The Balaban J connectivity index is 2.04. The van der Waals surface area contributed by atoms with Crippen LogP contribution in [0.3, 0.4) is 0 Å². The molecular formula is C13H7ClOS2. The van der Waals surface area contributed by atoms with Crippen molar-refractivity contribution >= 4 is 49.5 Å². The highest BCUT2D eigenvalue weighted by atomic mass is 35.5. The van der Waals surface area contributed by atoms with Crippen LogP contribution < -0.4 is 0 Å². The molecule has 0 unspecified atom stereocenters. The van der Waals surface area contributed by atoms with Crippen LogP contribution in [0.1, 0.15) is 15.2 Å². The molecule has 0 bridgehead atoms. The molecule has 2 heterocycles. The average molecular weight is 279 g/mol. The fraction of sp³-hybridized carbons (Fsp3) is 0. The van der Waals surface area contributed by atoms with Crippen LogP contribution >= 0.6 is 34.3 Å². The lowest BCUT2D eigenvalue weighted by molar-refractivity contribution is 0.104. The third-order valence-electron chi connectivity index (χ3n) is 2.45. The zero-order valence-electron chi connectivity index (χ0n) is 8.64. The number of hydrogen-bond donors (Lipinski definition) is 0. The lowest BCUT2D eigenvalue weighted by atomic mass is 10.1. The van der Waals surface area contributed by atoms with Gasteiger partial charge in [0.2, 0.25) is 5.78 Å². The Bertz CT molecular complexity index is 668. The SMILES string of the molecule is O=C(c1cccc(Cl)c1)c1cc2sccc2s1. The number of ketones is 1. The van der Waals surface area contributed by atoms with Crippen molar-refractivity contribution in [3.05, 3.63) is 57.2 Å². The minimum atomic E-state index is 0.0425. The lowest BCUT2D eigenvalue weighted by Gasteiger charge is -1.97. The highest BCUT2D eigenvalue weighted by Crippen LogP contribution is 2.31. The fourth-order valence-corrected chi connectivity index (χ4v) is 3.91. The molecule has 84 valence electrons. The van der Waals surface area contributed by atoms with Crippen LogP contribution in [0.4, 0.5) is 0 Å². The summed E-state index contributed by atoms with van der Waals surface area (Å²) in [5.74, 6) is 0.0425. The van der Waals surface area contributed by atoms with E-state index in [1.54, 1.807) is 35.6 Å². The summed E-state index contributed by atoms with van der Waals surface area (Å²) in [6.07, 6.45) is 0. The molecule has 0 radical (unpaired) electrons. The molecular weight excluding hydrogens is 272 g/mol. The van der Waals surface area contributed by atoms with E-state index in [4.69, 9.17) is 11.6 Å². The van der Waals surface area contributed by atoms with Gasteiger partial charge in [-0.1, -0.05) is 23.7 Å². The molecule has 2 aromatic heterocycles. The molecule has 0 aliphatic carbocycles. The van der Waals surface area contributed by atoms with E-state index >= 15 is 0 Å². The van der Waals surface area contributed by atoms with Crippen LogP contribution in [0.15, 0.2) is 41.8 Å². The summed E-state index contributed by atoms with van der Waals surface area (Å²) in [4.78, 5) is 13.0. The monoisotopic (exact) mass is 278 g/mol. The number of thiophene rings is 2. The number of halogens is 1. The third-order valence-corrected chi connectivity index (χ3v) is 4.78. The molecule has 0 spiro atoms. The summed E-state index contributed by atoms with van der Waals surface area (Å²) >= 11 is 9.07. The van der Waals surface area contributed by atoms with Crippen LogP contribution in [0.25, 0.3) is 9.40 Å². The quantitative estimate of drug-likeness (QED) is 0.613. The van der Waals surface area contributed by atoms with E-state index in [9.17, 15) is 4.79 Å². The van der Waals surface area contributed by atoms with Gasteiger partial charge < -0.3 is 0 Å². The van der Waals surface area contributed by atoms with Crippen LogP contribution in [0.2, 0.25) is 5.02 Å². The molecule has 0 saturated carbocycles. The molecule has 0 aliphatic heterocycles. The molecule has 3 rings (SSSR count). The molecule has 3 aromatic rings. The third kappa shape index (κ3) is 2.02. The number of hydrogen-bond acceptors (Lipinski definition) is 3. The molecule has 0 fully saturated rings. The van der Waals surface area contributed by atoms with E-state index in [1.165, 1.54) is 20.7 Å². The Kier molecular flexibility index (Phi) is 2.74. The van der Waals surface area contributed by atoms with E-state index in [1.807, 2.05) is 17.5 Å². The Morgan fingerprint density at radius 1 is 1.12 bits per heavy atom. The number of carbonyl (C=O) groups excluding carboxylic acids is 1. The summed E-state index contributed by atoms with van der Waals surface area (Å²) in [5.41, 5.74) is 0.645. The maximum atomic E-state index is 12.2. The van der Waals surface area contributed by atoms with Crippen LogP contribution in [0.5, 0.6) is 0 Å². The summed E-state index contributed by atoms with van der Waals surface area (Å²) in [6.45, 7) is 0. The van der Waals surface area contributed by atoms with Gasteiger partial charge in [0.1, 0.15) is 0 Å². The highest BCUT2D eigenvalue weighted by Gasteiger charge is 2.13. The van der Waals surface area contributed by atoms with Crippen molar-refractivity contribution < 1.29 is 4.79 Å². The van der Waals surface area contributed by atoms with Crippen LogP contribution in [0, 0.1) is 0 Å². The van der Waals surface area contributed by atoms with Gasteiger partial charge in [-0.3, -0.25) is 4.79 Å². The van der Waals surface area contributed by atoms with Gasteiger partial charge in [-0.05, 0) is 29.6 Å². The Morgan fingerprint density at radius 3 is 2.76 bits per heavy atom. The first-order valence-electron chi connectivity index (χ1n) is 5.01. The van der Waals surface area contributed by atoms with Crippen molar-refractivity contribution in [3.63, 3.8) is 0 Å². The van der Waals surface area contributed by atoms with Crippen molar-refractivity contribution in [2.24, 2.45) is 0 Å². The van der Waals surface area contributed by atoms with E-state index in [0.717, 1.165) is 4.88 Å². The molecule has 0 atom stereocenters. The first-order valence-corrected chi connectivity index (χ1v) is 7.09. The van der Waals surface area contributed by atoms with E-state index in [-0.39, 0.29) is 5.78 Å². The number of benzene rings is 1. The second kappa shape index (κ2) is 4.26. The molecule has 0 aliphatic rings. The van der Waals surface area contributed by atoms with Gasteiger partial charge in [0.25, 0.3) is 0 Å². The normalized spacial score (nSPS) is 10.9. The number of fused-ring (bicyclic) bond motifs is 1. The average Bonchev–Trinajstić information content (AvgIpc) is 2.88. The van der Waals surface area contributed by atoms with E-state index in [2.05, 4.69) is 0 Å². The van der Waals surface area contributed by atoms with Gasteiger partial charge in [-0.2, -0.15) is 0 Å². The summed E-state index contributed by atoms with van der Waals surface area (Å²) in [7, 11) is 0. The maximum Gasteiger partial charge on any atom is 0.203 e. The van der Waals surface area contributed by atoms with E-state index in [0.29, 0.717) is 10.6 Å². The van der Waals surface area contributed by atoms with Crippen molar-refractivity contribution in [3.8, 4) is 0 Å². The number of rotatable bonds is 2. The van der Waals surface area contributed by atoms with E-state index < -0.39 is 0 Å². The lowest BCUT2D eigenvalue weighted by Crippen LogP contribution is -1.97. The zero-order chi connectivity index (χ0) is 11.8. The van der Waals surface area contributed by atoms with Crippen LogP contribution in [-0.4, -0.2) is 5.78 Å². The largest absolute Gasteiger partial charge is 0.288 e. The predicted octanol–water partition coefficient (Wildman–Crippen LogP) is 4.85. The molecule has 1 nitrogen and oxygen atoms in total. The standard InChI is InChI=1S/C13H7ClOS2/c14-9-3-1-2-8(6-9)13(15)12-7-11-10(17-12)4-5-16-11/h1-7H. The summed E-state index contributed by atoms with van der Waals surface area (Å²) in [5, 5.41) is 2.63. The van der Waals surface area contributed by atoms with Gasteiger partial charge in [0, 0.05) is 20.0 Å². The highest BCUT2D eigenvalue weighted by molar-refractivity contribution is 7.28. The molecule has 0 amide bonds. The Morgan fingerprint density at radius 2 is 2.00 bits per heavy atom. The fourth-order valence-electron chi connectivity index (χ4n) is 1.65. The van der Waals surface area contributed by atoms with Gasteiger partial charge in [0.15, 0.2) is 0 Å². The molecule has 0 saturated heterocycles. The molecule has 1 aromatic carbocycles. The molecule has 0 N–H and O–H groups in total. The van der Waals surface area contributed by atoms with Gasteiger partial charge in [0.05, 0.1) is 4.88 Å². The number of carbonyl (C=O) groups is 1. The van der Waals surface area contributed by atoms with Crippen molar-refractivity contribution in [1.82, 2.24) is 0 Å². The zero-order valence-corrected chi connectivity index (χ0v) is 11.0. The summed E-state index contributed by atoms with van der Waals surface area (Å²) in [6, 6.07) is 11.1. The van der Waals surface area contributed by atoms with Gasteiger partial charge in [-0.25, -0.2) is 0 Å².